The first kappa shape index (κ1) is 12.0. The van der Waals surface area contributed by atoms with Gasteiger partial charge < -0.3 is 5.11 Å². The topological polar surface area (TPSA) is 41.2 Å². The Balaban J connectivity index is 1.85. The molecule has 1 aromatic carbocycles. The number of benzene rings is 1. The van der Waals surface area contributed by atoms with Gasteiger partial charge in [0, 0.05) is 18.9 Å². The fraction of sp³-hybridized carbons (Fsp3) is 0.385. The largest absolute Gasteiger partial charge is 0.481 e. The maximum atomic E-state index is 10.4. The normalized spacial score (nSPS) is 10.8. The molecule has 0 fully saturated rings. The lowest BCUT2D eigenvalue weighted by atomic mass is 10.2. The number of thiazole rings is 1. The first-order chi connectivity index (χ1) is 8.27. The maximum absolute atomic E-state index is 10.4. The fourth-order valence-corrected chi connectivity index (χ4v) is 2.80. The Morgan fingerprint density at radius 2 is 2.06 bits per heavy atom. The van der Waals surface area contributed by atoms with Crippen LogP contribution < -0.4 is 4.57 Å². The Labute approximate surface area is 104 Å². The van der Waals surface area contributed by atoms with Gasteiger partial charge in [-0.2, -0.15) is 4.57 Å². The van der Waals surface area contributed by atoms with Gasteiger partial charge in [0.15, 0.2) is 0 Å². The monoisotopic (exact) mass is 250 g/mol. The Hall–Kier alpha value is -1.42. The SMILES string of the molecule is O=C(O)CCCCC[n+]1csc2ccccc21. The summed E-state index contributed by atoms with van der Waals surface area (Å²) in [6.07, 6.45) is 3.08. The summed E-state index contributed by atoms with van der Waals surface area (Å²) in [6.45, 7) is 0.976. The van der Waals surface area contributed by atoms with Crippen molar-refractivity contribution in [2.75, 3.05) is 0 Å². The minimum atomic E-state index is -0.696. The highest BCUT2D eigenvalue weighted by Gasteiger charge is 2.09. The number of carbonyl (C=O) groups is 1. The van der Waals surface area contributed by atoms with E-state index in [1.54, 1.807) is 11.3 Å². The molecule has 2 rings (SSSR count). The van der Waals surface area contributed by atoms with Gasteiger partial charge in [-0.3, -0.25) is 4.79 Å². The summed E-state index contributed by atoms with van der Waals surface area (Å²) in [5, 5.41) is 8.53. The Morgan fingerprint density at radius 1 is 1.24 bits per heavy atom. The second-order valence-corrected chi connectivity index (χ2v) is 4.98. The van der Waals surface area contributed by atoms with Crippen LogP contribution in [0.2, 0.25) is 0 Å². The predicted octanol–water partition coefficient (Wildman–Crippen LogP) is 2.83. The van der Waals surface area contributed by atoms with Gasteiger partial charge in [-0.15, -0.1) is 0 Å². The fourth-order valence-electron chi connectivity index (χ4n) is 1.88. The molecule has 0 aliphatic heterocycles. The molecule has 0 aliphatic carbocycles. The number of hydrogen-bond acceptors (Lipinski definition) is 2. The molecule has 0 unspecified atom stereocenters. The van der Waals surface area contributed by atoms with E-state index >= 15 is 0 Å². The van der Waals surface area contributed by atoms with Crippen LogP contribution in [0.5, 0.6) is 0 Å². The van der Waals surface area contributed by atoms with Crippen molar-refractivity contribution in [3.63, 3.8) is 0 Å². The number of hydrogen-bond donors (Lipinski definition) is 1. The van der Waals surface area contributed by atoms with Gasteiger partial charge in [-0.25, -0.2) is 0 Å². The van der Waals surface area contributed by atoms with Gasteiger partial charge in [0.1, 0.15) is 11.2 Å². The van der Waals surface area contributed by atoms with Gasteiger partial charge in [0.05, 0.1) is 0 Å². The van der Waals surface area contributed by atoms with Crippen LogP contribution in [0.3, 0.4) is 0 Å². The van der Waals surface area contributed by atoms with Crippen LogP contribution in [0, 0.1) is 0 Å². The molecular weight excluding hydrogens is 234 g/mol. The number of para-hydroxylation sites is 1. The average molecular weight is 250 g/mol. The molecule has 0 aliphatic rings. The number of carboxylic acid groups (broad SMARTS) is 1. The molecule has 1 aromatic heterocycles. The van der Waals surface area contributed by atoms with Gasteiger partial charge >= 0.3 is 5.97 Å². The molecule has 0 saturated carbocycles. The molecule has 0 saturated heterocycles. The smallest absolute Gasteiger partial charge is 0.303 e. The maximum Gasteiger partial charge on any atom is 0.303 e. The van der Waals surface area contributed by atoms with Crippen LogP contribution in [0.1, 0.15) is 25.7 Å². The highest BCUT2D eigenvalue weighted by molar-refractivity contribution is 7.16. The van der Waals surface area contributed by atoms with Gasteiger partial charge in [0.2, 0.25) is 11.0 Å². The highest BCUT2D eigenvalue weighted by atomic mass is 32.1. The number of aromatic nitrogens is 1. The lowest BCUT2D eigenvalue weighted by molar-refractivity contribution is -0.667. The van der Waals surface area contributed by atoms with E-state index in [9.17, 15) is 4.79 Å². The van der Waals surface area contributed by atoms with Crippen molar-refractivity contribution in [2.24, 2.45) is 0 Å². The van der Waals surface area contributed by atoms with E-state index in [1.807, 2.05) is 0 Å². The highest BCUT2D eigenvalue weighted by Crippen LogP contribution is 2.15. The molecule has 0 amide bonds. The lowest BCUT2D eigenvalue weighted by Gasteiger charge is -1.96. The Kier molecular flexibility index (Phi) is 4.09. The van der Waals surface area contributed by atoms with E-state index in [2.05, 4.69) is 34.3 Å². The summed E-state index contributed by atoms with van der Waals surface area (Å²) in [5.41, 5.74) is 3.41. The van der Waals surface area contributed by atoms with E-state index < -0.39 is 5.97 Å². The molecule has 2 aromatic rings. The standard InChI is InChI=1S/C13H15NO2S/c15-13(16)8-2-1-5-9-14-10-17-12-7-4-3-6-11(12)14/h3-4,6-7,10H,1-2,5,8-9H2/p+1. The molecule has 0 atom stereocenters. The van der Waals surface area contributed by atoms with Crippen LogP contribution in [-0.4, -0.2) is 11.1 Å². The quantitative estimate of drug-likeness (QED) is 0.632. The molecule has 17 heavy (non-hydrogen) atoms. The van der Waals surface area contributed by atoms with E-state index in [4.69, 9.17) is 5.11 Å². The molecular formula is C13H16NO2S+. The summed E-state index contributed by atoms with van der Waals surface area (Å²) in [7, 11) is 0. The molecule has 0 radical (unpaired) electrons. The van der Waals surface area contributed by atoms with Gasteiger partial charge in [0.25, 0.3) is 0 Å². The minimum absolute atomic E-state index is 0.287. The molecule has 3 nitrogen and oxygen atoms in total. The second kappa shape index (κ2) is 5.77. The van der Waals surface area contributed by atoms with Gasteiger partial charge in [-0.05, 0) is 18.9 Å². The van der Waals surface area contributed by atoms with Crippen molar-refractivity contribution in [1.29, 1.82) is 0 Å². The van der Waals surface area contributed by atoms with Crippen LogP contribution in [0.25, 0.3) is 10.2 Å². The second-order valence-electron chi connectivity index (χ2n) is 4.09. The first-order valence-corrected chi connectivity index (χ1v) is 6.73. The molecule has 1 N–H and O–H groups in total. The first-order valence-electron chi connectivity index (χ1n) is 5.85. The van der Waals surface area contributed by atoms with E-state index in [1.165, 1.54) is 10.2 Å². The third kappa shape index (κ3) is 3.27. The van der Waals surface area contributed by atoms with Crippen molar-refractivity contribution in [3.8, 4) is 0 Å². The Bertz CT molecular complexity index is 507. The van der Waals surface area contributed by atoms with E-state index in [0.29, 0.717) is 0 Å². The van der Waals surface area contributed by atoms with Crippen molar-refractivity contribution in [3.05, 3.63) is 29.8 Å². The predicted molar refractivity (Wildman–Crippen MR) is 68.1 cm³/mol. The summed E-state index contributed by atoms with van der Waals surface area (Å²) >= 11 is 1.75. The summed E-state index contributed by atoms with van der Waals surface area (Å²) in [5.74, 6) is -0.696. The molecule has 0 spiro atoms. The molecule has 4 heteroatoms. The van der Waals surface area contributed by atoms with Crippen molar-refractivity contribution in [2.45, 2.75) is 32.2 Å². The van der Waals surface area contributed by atoms with Crippen LogP contribution in [-0.2, 0) is 11.3 Å². The zero-order valence-corrected chi connectivity index (χ0v) is 10.4. The molecule has 1 heterocycles. The van der Waals surface area contributed by atoms with Crippen LogP contribution in [0.4, 0.5) is 0 Å². The van der Waals surface area contributed by atoms with E-state index in [-0.39, 0.29) is 6.42 Å². The number of carboxylic acids is 1. The van der Waals surface area contributed by atoms with Crippen LogP contribution in [0.15, 0.2) is 29.8 Å². The van der Waals surface area contributed by atoms with E-state index in [0.717, 1.165) is 25.8 Å². The number of rotatable bonds is 6. The average Bonchev–Trinajstić information content (AvgIpc) is 2.72. The summed E-state index contributed by atoms with van der Waals surface area (Å²) in [4.78, 5) is 10.4. The van der Waals surface area contributed by atoms with Gasteiger partial charge in [-0.1, -0.05) is 23.5 Å². The number of fused-ring (bicyclic) bond motifs is 1. The Morgan fingerprint density at radius 3 is 2.88 bits per heavy atom. The number of unbranched alkanes of at least 4 members (excludes halogenated alkanes) is 2. The molecule has 90 valence electrons. The van der Waals surface area contributed by atoms with Crippen molar-refractivity contribution >= 4 is 27.5 Å². The van der Waals surface area contributed by atoms with Crippen LogP contribution >= 0.6 is 11.3 Å². The number of aryl methyl sites for hydroxylation is 1. The number of aliphatic carboxylic acids is 1. The van der Waals surface area contributed by atoms with Crippen molar-refractivity contribution in [1.82, 2.24) is 0 Å². The molecule has 0 bridgehead atoms. The summed E-state index contributed by atoms with van der Waals surface area (Å²) in [6, 6.07) is 8.36. The summed E-state index contributed by atoms with van der Waals surface area (Å²) < 4.78 is 3.55. The zero-order valence-electron chi connectivity index (χ0n) is 9.63. The number of nitrogens with zero attached hydrogens (tertiary/aromatic N) is 1. The lowest BCUT2D eigenvalue weighted by Crippen LogP contribution is -2.31. The minimum Gasteiger partial charge on any atom is -0.481 e. The third-order valence-corrected chi connectivity index (χ3v) is 3.73. The van der Waals surface area contributed by atoms with Crippen molar-refractivity contribution < 1.29 is 14.5 Å². The zero-order chi connectivity index (χ0) is 12.1. The third-order valence-electron chi connectivity index (χ3n) is 2.77.